The van der Waals surface area contributed by atoms with E-state index in [9.17, 15) is 9.59 Å². The van der Waals surface area contributed by atoms with E-state index >= 15 is 0 Å². The topological polar surface area (TPSA) is 84.9 Å². The van der Waals surface area contributed by atoms with Gasteiger partial charge in [-0.3, -0.25) is 4.79 Å². The molecule has 6 nitrogen and oxygen atoms in total. The van der Waals surface area contributed by atoms with Gasteiger partial charge in [-0.05, 0) is 20.8 Å². The van der Waals surface area contributed by atoms with Crippen molar-refractivity contribution in [2.24, 2.45) is 5.92 Å². The fourth-order valence-electron chi connectivity index (χ4n) is 0.939. The Morgan fingerprint density at radius 1 is 1.38 bits per heavy atom. The van der Waals surface area contributed by atoms with Gasteiger partial charge in [-0.1, -0.05) is 0 Å². The van der Waals surface area contributed by atoms with Crippen molar-refractivity contribution in [3.05, 3.63) is 0 Å². The van der Waals surface area contributed by atoms with Crippen molar-refractivity contribution in [2.75, 3.05) is 20.3 Å². The van der Waals surface area contributed by atoms with Crippen molar-refractivity contribution in [3.63, 3.8) is 0 Å². The first-order valence-electron chi connectivity index (χ1n) is 4.95. The molecular formula is C10H19NO5. The monoisotopic (exact) mass is 233 g/mol. The summed E-state index contributed by atoms with van der Waals surface area (Å²) in [7, 11) is 1.41. The van der Waals surface area contributed by atoms with Crippen LogP contribution in [-0.4, -0.2) is 43.0 Å². The van der Waals surface area contributed by atoms with Gasteiger partial charge in [0.2, 0.25) is 0 Å². The van der Waals surface area contributed by atoms with Gasteiger partial charge in [0, 0.05) is 13.7 Å². The minimum Gasteiger partial charge on any atom is -0.481 e. The van der Waals surface area contributed by atoms with Crippen LogP contribution in [0.4, 0.5) is 4.79 Å². The number of carbonyl (C=O) groups excluding carboxylic acids is 1. The van der Waals surface area contributed by atoms with Crippen LogP contribution < -0.4 is 5.32 Å². The maximum absolute atomic E-state index is 11.2. The van der Waals surface area contributed by atoms with E-state index in [-0.39, 0.29) is 13.2 Å². The second kappa shape index (κ2) is 6.32. The molecule has 0 aromatic rings. The van der Waals surface area contributed by atoms with Gasteiger partial charge in [0.25, 0.3) is 0 Å². The third kappa shape index (κ3) is 7.05. The lowest BCUT2D eigenvalue weighted by molar-refractivity contribution is -0.143. The summed E-state index contributed by atoms with van der Waals surface area (Å²) in [5.74, 6) is -1.78. The molecule has 0 saturated carbocycles. The first kappa shape index (κ1) is 14.7. The molecule has 0 aromatic heterocycles. The quantitative estimate of drug-likeness (QED) is 0.735. The average Bonchev–Trinajstić information content (AvgIpc) is 2.08. The minimum absolute atomic E-state index is 0.0158. The number of nitrogens with one attached hydrogen (secondary N) is 1. The standard InChI is InChI=1S/C10H19NO5/c1-10(2,3)16-9(14)11-5-7(6-15-4)8(12)13/h7H,5-6H2,1-4H3,(H,11,14)(H,12,13). The lowest BCUT2D eigenvalue weighted by Crippen LogP contribution is -2.38. The van der Waals surface area contributed by atoms with Gasteiger partial charge in [-0.2, -0.15) is 0 Å². The molecule has 0 rings (SSSR count). The molecule has 0 fully saturated rings. The van der Waals surface area contributed by atoms with Gasteiger partial charge in [-0.25, -0.2) is 4.79 Å². The molecule has 16 heavy (non-hydrogen) atoms. The number of amides is 1. The van der Waals surface area contributed by atoms with E-state index in [1.54, 1.807) is 20.8 Å². The number of hydrogen-bond donors (Lipinski definition) is 2. The summed E-state index contributed by atoms with van der Waals surface area (Å²) >= 11 is 0. The first-order valence-corrected chi connectivity index (χ1v) is 4.95. The zero-order valence-corrected chi connectivity index (χ0v) is 10.1. The summed E-state index contributed by atoms with van der Waals surface area (Å²) in [6.45, 7) is 5.23. The fourth-order valence-corrected chi connectivity index (χ4v) is 0.939. The van der Waals surface area contributed by atoms with Crippen molar-refractivity contribution >= 4 is 12.1 Å². The van der Waals surface area contributed by atoms with Crippen LogP contribution in [0.1, 0.15) is 20.8 Å². The molecule has 6 heteroatoms. The molecule has 0 aliphatic rings. The minimum atomic E-state index is -1.02. The number of hydrogen-bond acceptors (Lipinski definition) is 4. The largest absolute Gasteiger partial charge is 0.481 e. The van der Waals surface area contributed by atoms with Crippen molar-refractivity contribution in [3.8, 4) is 0 Å². The highest BCUT2D eigenvalue weighted by atomic mass is 16.6. The predicted octanol–water partition coefficient (Wildman–Crippen LogP) is 0.858. The number of rotatable bonds is 5. The van der Waals surface area contributed by atoms with Crippen molar-refractivity contribution < 1.29 is 24.2 Å². The van der Waals surface area contributed by atoms with Crippen LogP contribution in [0.3, 0.4) is 0 Å². The summed E-state index contributed by atoms with van der Waals surface area (Å²) < 4.78 is 9.69. The van der Waals surface area contributed by atoms with Crippen LogP contribution in [0, 0.1) is 5.92 Å². The summed E-state index contributed by atoms with van der Waals surface area (Å²) in [6.07, 6.45) is -0.630. The summed E-state index contributed by atoms with van der Waals surface area (Å²) in [5, 5.41) is 11.2. The van der Waals surface area contributed by atoms with E-state index in [0.717, 1.165) is 0 Å². The maximum atomic E-state index is 11.2. The van der Waals surface area contributed by atoms with E-state index in [2.05, 4.69) is 5.32 Å². The lowest BCUT2D eigenvalue weighted by Gasteiger charge is -2.20. The molecule has 1 unspecified atom stereocenters. The molecule has 0 saturated heterocycles. The maximum Gasteiger partial charge on any atom is 0.407 e. The predicted molar refractivity (Wildman–Crippen MR) is 57.2 cm³/mol. The normalized spacial score (nSPS) is 13.0. The van der Waals surface area contributed by atoms with E-state index in [4.69, 9.17) is 14.6 Å². The van der Waals surface area contributed by atoms with Crippen molar-refractivity contribution in [1.29, 1.82) is 0 Å². The van der Waals surface area contributed by atoms with Crippen LogP contribution >= 0.6 is 0 Å². The van der Waals surface area contributed by atoms with E-state index in [1.807, 2.05) is 0 Å². The Kier molecular flexibility index (Phi) is 5.81. The average molecular weight is 233 g/mol. The number of carboxylic acids is 1. The molecule has 94 valence electrons. The number of carbonyl (C=O) groups is 2. The number of carboxylic acid groups (broad SMARTS) is 1. The molecule has 1 amide bonds. The first-order chi connectivity index (χ1) is 7.26. The Morgan fingerprint density at radius 3 is 2.31 bits per heavy atom. The van der Waals surface area contributed by atoms with Gasteiger partial charge in [0.1, 0.15) is 5.60 Å². The molecule has 2 N–H and O–H groups in total. The summed E-state index contributed by atoms with van der Waals surface area (Å²) in [6, 6.07) is 0. The van der Waals surface area contributed by atoms with E-state index in [0.29, 0.717) is 0 Å². The number of methoxy groups -OCH3 is 1. The fraction of sp³-hybridized carbons (Fsp3) is 0.800. The van der Waals surface area contributed by atoms with Gasteiger partial charge in [-0.15, -0.1) is 0 Å². The third-order valence-electron chi connectivity index (χ3n) is 1.61. The van der Waals surface area contributed by atoms with Crippen LogP contribution in [0.25, 0.3) is 0 Å². The van der Waals surface area contributed by atoms with Gasteiger partial charge in [0.15, 0.2) is 0 Å². The highest BCUT2D eigenvalue weighted by molar-refractivity contribution is 5.72. The number of alkyl carbamates (subject to hydrolysis) is 1. The SMILES string of the molecule is COCC(CNC(=O)OC(C)(C)C)C(=O)O. The van der Waals surface area contributed by atoms with Crippen LogP contribution in [-0.2, 0) is 14.3 Å². The molecule has 0 radical (unpaired) electrons. The zero-order chi connectivity index (χ0) is 12.8. The van der Waals surface area contributed by atoms with Gasteiger partial charge < -0.3 is 19.9 Å². The molecule has 0 aliphatic carbocycles. The highest BCUT2D eigenvalue weighted by Gasteiger charge is 2.20. The Bertz CT molecular complexity index is 246. The molecule has 1 atom stereocenters. The van der Waals surface area contributed by atoms with Crippen molar-refractivity contribution in [2.45, 2.75) is 26.4 Å². The molecule has 0 aliphatic heterocycles. The Hall–Kier alpha value is -1.30. The highest BCUT2D eigenvalue weighted by Crippen LogP contribution is 2.06. The second-order valence-corrected chi connectivity index (χ2v) is 4.37. The van der Waals surface area contributed by atoms with E-state index < -0.39 is 23.6 Å². The summed E-state index contributed by atoms with van der Waals surface area (Å²) in [4.78, 5) is 21.9. The van der Waals surface area contributed by atoms with Crippen LogP contribution in [0.2, 0.25) is 0 Å². The Morgan fingerprint density at radius 2 is 1.94 bits per heavy atom. The molecule has 0 aromatic carbocycles. The van der Waals surface area contributed by atoms with Gasteiger partial charge >= 0.3 is 12.1 Å². The third-order valence-corrected chi connectivity index (χ3v) is 1.61. The molecule has 0 bridgehead atoms. The summed E-state index contributed by atoms with van der Waals surface area (Å²) in [5.41, 5.74) is -0.593. The van der Waals surface area contributed by atoms with E-state index in [1.165, 1.54) is 7.11 Å². The second-order valence-electron chi connectivity index (χ2n) is 4.37. The Labute approximate surface area is 94.9 Å². The lowest BCUT2D eigenvalue weighted by atomic mass is 10.1. The molecule has 0 spiro atoms. The van der Waals surface area contributed by atoms with Crippen LogP contribution in [0.5, 0.6) is 0 Å². The van der Waals surface area contributed by atoms with Crippen molar-refractivity contribution in [1.82, 2.24) is 5.32 Å². The number of aliphatic carboxylic acids is 1. The molecule has 0 heterocycles. The Balaban J connectivity index is 4.01. The zero-order valence-electron chi connectivity index (χ0n) is 10.1. The molecular weight excluding hydrogens is 214 g/mol. The van der Waals surface area contributed by atoms with Crippen LogP contribution in [0.15, 0.2) is 0 Å². The number of ether oxygens (including phenoxy) is 2. The smallest absolute Gasteiger partial charge is 0.407 e. The van der Waals surface area contributed by atoms with Gasteiger partial charge in [0.05, 0.1) is 12.5 Å².